The summed E-state index contributed by atoms with van der Waals surface area (Å²) < 4.78 is 4.99. The average Bonchev–Trinajstić information content (AvgIpc) is 0.761. The van der Waals surface area contributed by atoms with Gasteiger partial charge in [0.25, 0.3) is 0 Å². The molecular weight excluding hydrogens is 1470 g/mol. The molecule has 0 radical (unpaired) electrons. The number of rotatable bonds is 18. The van der Waals surface area contributed by atoms with Crippen molar-refractivity contribution in [2.75, 3.05) is 30.5 Å². The molecule has 2 aliphatic heterocycles. The quantitative estimate of drug-likeness (QED) is 0.0318. The maximum atomic E-state index is 11.6. The molecule has 0 saturated carbocycles. The van der Waals surface area contributed by atoms with Crippen LogP contribution in [0.2, 0.25) is 0 Å². The number of carbonyl (C=O) groups is 1. The van der Waals surface area contributed by atoms with Gasteiger partial charge < -0.3 is 46.0 Å². The summed E-state index contributed by atoms with van der Waals surface area (Å²) in [4.78, 5) is 31.4. The second kappa shape index (κ2) is 35.8. The molecule has 2 fully saturated rings. The highest BCUT2D eigenvalue weighted by atomic mass is 16.5. The number of piperidine rings is 2. The molecule has 119 heavy (non-hydrogen) atoms. The van der Waals surface area contributed by atoms with Crippen LogP contribution in [-0.2, 0) is 78.5 Å². The van der Waals surface area contributed by atoms with Gasteiger partial charge >= 0.3 is 5.97 Å². The molecule has 7 N–H and O–H groups in total. The van der Waals surface area contributed by atoms with Gasteiger partial charge in [0.1, 0.15) is 28.8 Å². The Morgan fingerprint density at radius 1 is 0.429 bits per heavy atom. The minimum atomic E-state index is -0.226. The van der Waals surface area contributed by atoms with E-state index in [4.69, 9.17) is 19.7 Å². The predicted molar refractivity (Wildman–Crippen MR) is 506 cm³/mol. The number of hydrogen-bond donors (Lipinski definition) is 7. The van der Waals surface area contributed by atoms with E-state index in [0.717, 1.165) is 120 Å². The van der Waals surface area contributed by atoms with Crippen molar-refractivity contribution in [1.82, 2.24) is 30.5 Å². The average molecular weight is 1640 g/mol. The fraction of sp³-hybridized carbons (Fsp3) is 0.676. The lowest BCUT2D eigenvalue weighted by atomic mass is 9.75. The van der Waals surface area contributed by atoms with Crippen LogP contribution in [0.1, 0.15) is 408 Å². The SMILES string of the molecule is CCOC(=O)CCc1cc(C(C)(C)C)c(O)c(C(C)(C)C)c1.Cc1c(Cc2cc(C(C)(C)C)c(O)c(C(C)(C)C)c2)c(C)c(Cc2cc(C(C)(C)C)c(O)c(C(C)(C)C)c2)c(C)c1Cc1cc(C(C)(C)C)c(O)c(C(C)(C)C)c1.Cc1nc(NC(C)(C)CC(C)(C)C)nc(N(CN(C)C2CC(C)(C)NC(C)(C)C2)C2CC(C)(C)NC(C)(C)C2)n1. The number of aromatic nitrogens is 3. The van der Waals surface area contributed by atoms with Crippen molar-refractivity contribution in [3.8, 4) is 23.0 Å². The number of aryl methyl sites for hydroxylation is 2. The zero-order valence-electron chi connectivity index (χ0n) is 83.6. The zero-order valence-corrected chi connectivity index (χ0v) is 83.6. The molecule has 8 rings (SSSR count). The van der Waals surface area contributed by atoms with E-state index < -0.39 is 0 Å². The van der Waals surface area contributed by atoms with Gasteiger partial charge in [-0.25, -0.2) is 0 Å². The molecule has 666 valence electrons. The van der Waals surface area contributed by atoms with Gasteiger partial charge in [-0.15, -0.1) is 0 Å². The summed E-state index contributed by atoms with van der Waals surface area (Å²) in [7, 11) is 2.28. The molecule has 0 unspecified atom stereocenters. The maximum absolute atomic E-state index is 11.6. The summed E-state index contributed by atoms with van der Waals surface area (Å²) in [5.41, 5.74) is 18.9. The van der Waals surface area contributed by atoms with Crippen LogP contribution in [-0.4, -0.2) is 106 Å². The van der Waals surface area contributed by atoms with Gasteiger partial charge in [0, 0.05) is 46.2 Å². The fourth-order valence-electron chi connectivity index (χ4n) is 19.2. The Bertz CT molecular complexity index is 4100. The highest BCUT2D eigenvalue weighted by Crippen LogP contribution is 2.48. The Morgan fingerprint density at radius 2 is 0.697 bits per heavy atom. The largest absolute Gasteiger partial charge is 0.507 e. The van der Waals surface area contributed by atoms with E-state index in [1.165, 1.54) is 50.1 Å². The Kier molecular flexibility index (Phi) is 30.4. The van der Waals surface area contributed by atoms with Crippen molar-refractivity contribution in [1.29, 1.82) is 0 Å². The lowest BCUT2D eigenvalue weighted by Gasteiger charge is -2.52. The molecule has 3 heterocycles. The second-order valence-electron chi connectivity index (χ2n) is 48.8. The van der Waals surface area contributed by atoms with Crippen LogP contribution in [0.15, 0.2) is 48.5 Å². The highest BCUT2D eigenvalue weighted by Gasteiger charge is 2.45. The number of phenols is 4. The number of aromatic hydroxyl groups is 4. The smallest absolute Gasteiger partial charge is 0.306 e. The summed E-state index contributed by atoms with van der Waals surface area (Å²) >= 11 is 0. The van der Waals surface area contributed by atoms with Gasteiger partial charge in [-0.1, -0.05) is 235 Å². The number of ether oxygens (including phenoxy) is 1. The summed E-state index contributed by atoms with van der Waals surface area (Å²) in [6.45, 7) is 93.6. The highest BCUT2D eigenvalue weighted by molar-refractivity contribution is 5.70. The summed E-state index contributed by atoms with van der Waals surface area (Å²) in [6.07, 6.45) is 8.50. The molecule has 0 amide bonds. The van der Waals surface area contributed by atoms with E-state index in [0.29, 0.717) is 60.5 Å². The molecule has 0 spiro atoms. The molecule has 6 aromatic rings. The zero-order chi connectivity index (χ0) is 91.4. The topological polar surface area (TPSA) is 188 Å². The van der Waals surface area contributed by atoms with Crippen molar-refractivity contribution in [2.45, 2.75) is 438 Å². The van der Waals surface area contributed by atoms with Crippen molar-refractivity contribution in [2.24, 2.45) is 5.41 Å². The van der Waals surface area contributed by atoms with E-state index >= 15 is 0 Å². The minimum Gasteiger partial charge on any atom is -0.507 e. The standard InChI is InChI=1S/C54H78O3.C32H62N8.C19H30O3/c1-31-37(22-34-25-40(49(4,5)6)46(55)41(26-34)50(7,8)9)32(2)39(24-36-29-44(53(16,17)18)48(57)45(30-36)54(19,20)21)33(3)38(31)23-35-27-42(51(10,11)12)47(56)43(28-35)52(13,14)15;1-22-33-25(36-32(13,14)20-27(2,3)4)35-26(34-22)40(24-18-30(9,10)38-31(11,12)19-24)21-39(15)23-16-28(5,6)37-29(7,8)17-23;1-8-22-16(20)10-9-13-11-14(18(2,3)4)17(21)15(12-13)19(5,6)7/h25-30,55-57H,22-24H2,1-21H3;23-24,37-38H,16-21H2,1-15H3,(H,33,34,35,36);11-12,21H,8-10H2,1-7H3. The number of hydrogen-bond acceptors (Lipinski definition) is 14. The number of carbonyl (C=O) groups excluding carboxylic acids is 1. The van der Waals surface area contributed by atoms with Gasteiger partial charge in [-0.3, -0.25) is 9.69 Å². The second-order valence-corrected chi connectivity index (χ2v) is 48.8. The van der Waals surface area contributed by atoms with Crippen molar-refractivity contribution < 1.29 is 30.0 Å². The Labute approximate surface area is 725 Å². The van der Waals surface area contributed by atoms with Crippen LogP contribution in [0.3, 0.4) is 0 Å². The van der Waals surface area contributed by atoms with Crippen LogP contribution < -0.4 is 20.9 Å². The van der Waals surface area contributed by atoms with Crippen LogP contribution >= 0.6 is 0 Å². The normalized spacial score (nSPS) is 16.5. The van der Waals surface area contributed by atoms with Crippen LogP contribution in [0.5, 0.6) is 23.0 Å². The van der Waals surface area contributed by atoms with E-state index in [1.54, 1.807) is 0 Å². The van der Waals surface area contributed by atoms with Crippen LogP contribution in [0.4, 0.5) is 11.9 Å². The van der Waals surface area contributed by atoms with Gasteiger partial charge in [0.15, 0.2) is 0 Å². The number of phenolic OH excluding ortho intramolecular Hbond substituents is 4. The van der Waals surface area contributed by atoms with E-state index in [2.05, 4.69) is 346 Å². The first-order chi connectivity index (χ1) is 53.4. The first-order valence-electron chi connectivity index (χ1n) is 44.7. The predicted octanol–water partition coefficient (Wildman–Crippen LogP) is 24.9. The summed E-state index contributed by atoms with van der Waals surface area (Å²) in [5, 5.41) is 56.9. The van der Waals surface area contributed by atoms with Crippen molar-refractivity contribution in [3.63, 3.8) is 0 Å². The molecule has 0 atom stereocenters. The number of anilines is 2. The molecule has 0 bridgehead atoms. The summed E-state index contributed by atoms with van der Waals surface area (Å²) in [6, 6.07) is 18.2. The first-order valence-corrected chi connectivity index (χ1v) is 44.7. The molecule has 5 aromatic carbocycles. The van der Waals surface area contributed by atoms with Gasteiger partial charge in [0.2, 0.25) is 11.9 Å². The fourth-order valence-corrected chi connectivity index (χ4v) is 19.2. The Hall–Kier alpha value is -6.74. The van der Waals surface area contributed by atoms with Gasteiger partial charge in [0.05, 0.1) is 13.3 Å². The monoisotopic (exact) mass is 1640 g/mol. The Morgan fingerprint density at radius 3 is 0.958 bits per heavy atom. The Balaban J connectivity index is 0.000000306. The molecule has 14 heteroatoms. The van der Waals surface area contributed by atoms with Crippen LogP contribution in [0, 0.1) is 33.1 Å². The van der Waals surface area contributed by atoms with E-state index in [-0.39, 0.29) is 82.4 Å². The maximum Gasteiger partial charge on any atom is 0.306 e. The minimum absolute atomic E-state index is 0.0137. The number of nitrogens with one attached hydrogen (secondary N) is 3. The first kappa shape index (κ1) is 101. The summed E-state index contributed by atoms with van der Waals surface area (Å²) in [5.74, 6) is 3.62. The van der Waals surface area contributed by atoms with E-state index in [1.807, 2.05) is 26.0 Å². The van der Waals surface area contributed by atoms with Crippen LogP contribution in [0.25, 0.3) is 0 Å². The third-order valence-electron chi connectivity index (χ3n) is 24.1. The number of benzene rings is 5. The molecular formula is C105H170N8O6. The third-order valence-corrected chi connectivity index (χ3v) is 24.1. The molecule has 2 aliphatic rings. The number of nitrogens with zero attached hydrogens (tertiary/aromatic N) is 5. The lowest BCUT2D eigenvalue weighted by molar-refractivity contribution is -0.143. The lowest BCUT2D eigenvalue weighted by Crippen LogP contribution is -2.65. The van der Waals surface area contributed by atoms with Gasteiger partial charge in [-0.2, -0.15) is 15.0 Å². The molecule has 2 saturated heterocycles. The molecule has 1 aromatic heterocycles. The molecule has 0 aliphatic carbocycles. The third kappa shape index (κ3) is 27.4. The molecule has 14 nitrogen and oxygen atoms in total. The van der Waals surface area contributed by atoms with Gasteiger partial charge in [-0.05, 0) is 318 Å². The van der Waals surface area contributed by atoms with Crippen molar-refractivity contribution in [3.05, 3.63) is 154 Å². The number of esters is 1. The van der Waals surface area contributed by atoms with Crippen molar-refractivity contribution >= 4 is 17.9 Å². The van der Waals surface area contributed by atoms with E-state index in [9.17, 15) is 25.2 Å².